The Hall–Kier alpha value is -3.20. The molecule has 0 bridgehead atoms. The lowest BCUT2D eigenvalue weighted by Crippen LogP contribution is -2.49. The van der Waals surface area contributed by atoms with Gasteiger partial charge in [0.1, 0.15) is 27.6 Å². The lowest BCUT2D eigenvalue weighted by Gasteiger charge is -2.39. The fourth-order valence-electron chi connectivity index (χ4n) is 5.66. The van der Waals surface area contributed by atoms with Crippen LogP contribution in [-0.4, -0.2) is 65.1 Å². The monoisotopic (exact) mass is 595 g/mol. The van der Waals surface area contributed by atoms with Crippen LogP contribution in [-0.2, 0) is 16.1 Å². The van der Waals surface area contributed by atoms with Crippen molar-refractivity contribution in [2.24, 2.45) is 0 Å². The second-order valence-corrected chi connectivity index (χ2v) is 12.2. The number of pyridine rings is 1. The molecule has 8 nitrogen and oxygen atoms in total. The van der Waals surface area contributed by atoms with Gasteiger partial charge in [-0.05, 0) is 50.0 Å². The Bertz CT molecular complexity index is 1470. The molecule has 3 aliphatic heterocycles. The highest BCUT2D eigenvalue weighted by atomic mass is 32.2. The molecule has 0 spiro atoms. The average molecular weight is 596 g/mol. The molecule has 1 unspecified atom stereocenters. The van der Waals surface area contributed by atoms with Crippen molar-refractivity contribution in [3.8, 4) is 6.07 Å². The molecule has 3 saturated heterocycles. The normalized spacial score (nSPS) is 20.4. The molecule has 4 heterocycles. The predicted octanol–water partition coefficient (Wildman–Crippen LogP) is 4.67. The van der Waals surface area contributed by atoms with Gasteiger partial charge in [0.25, 0.3) is 11.5 Å². The molecular weight excluding hydrogens is 561 g/mol. The van der Waals surface area contributed by atoms with Gasteiger partial charge in [-0.3, -0.25) is 19.1 Å². The highest BCUT2D eigenvalue weighted by Crippen LogP contribution is 2.37. The Morgan fingerprint density at radius 1 is 1.20 bits per heavy atom. The third-order valence-electron chi connectivity index (χ3n) is 7.91. The molecule has 1 atom stereocenters. The van der Waals surface area contributed by atoms with Crippen molar-refractivity contribution in [3.63, 3.8) is 0 Å². The number of hydrogen-bond donors (Lipinski definition) is 0. The number of nitrogens with zero attached hydrogens (tertiary/aromatic N) is 5. The Labute approximate surface area is 249 Å². The molecule has 1 aromatic carbocycles. The first-order chi connectivity index (χ1) is 19.8. The maximum atomic E-state index is 14.5. The number of amides is 1. The van der Waals surface area contributed by atoms with E-state index in [1.165, 1.54) is 17.8 Å². The molecule has 3 aliphatic rings. The van der Waals surface area contributed by atoms with Gasteiger partial charge in [0, 0.05) is 44.9 Å². The van der Waals surface area contributed by atoms with Gasteiger partial charge in [-0.1, -0.05) is 49.5 Å². The van der Waals surface area contributed by atoms with Crippen molar-refractivity contribution in [1.29, 1.82) is 5.26 Å². The van der Waals surface area contributed by atoms with Crippen molar-refractivity contribution in [2.75, 3.05) is 49.1 Å². The molecule has 216 valence electrons. The van der Waals surface area contributed by atoms with Crippen molar-refractivity contribution in [3.05, 3.63) is 62.0 Å². The van der Waals surface area contributed by atoms with Crippen LogP contribution in [0.1, 0.15) is 49.3 Å². The number of anilines is 2. The number of nitriles is 1. The summed E-state index contributed by atoms with van der Waals surface area (Å²) in [5.41, 5.74) is 1.53. The van der Waals surface area contributed by atoms with Gasteiger partial charge in [0.15, 0.2) is 0 Å². The minimum absolute atomic E-state index is 0.0268. The van der Waals surface area contributed by atoms with Crippen LogP contribution in [0.3, 0.4) is 0 Å². The summed E-state index contributed by atoms with van der Waals surface area (Å²) in [7, 11) is 0. The number of aromatic nitrogens is 1. The fourth-order valence-corrected chi connectivity index (χ4v) is 6.91. The zero-order valence-corrected chi connectivity index (χ0v) is 25.0. The van der Waals surface area contributed by atoms with Gasteiger partial charge >= 0.3 is 0 Å². The minimum Gasteiger partial charge on any atom is -0.376 e. The van der Waals surface area contributed by atoms with E-state index < -0.39 is 0 Å². The zero-order chi connectivity index (χ0) is 29.1. The summed E-state index contributed by atoms with van der Waals surface area (Å²) in [6, 6.07) is 8.85. The number of carbonyl (C=O) groups is 1. The quantitative estimate of drug-likeness (QED) is 0.322. The van der Waals surface area contributed by atoms with E-state index in [4.69, 9.17) is 17.0 Å². The van der Waals surface area contributed by atoms with Gasteiger partial charge in [0.2, 0.25) is 0 Å². The topological polar surface area (TPSA) is 81.8 Å². The van der Waals surface area contributed by atoms with Crippen LogP contribution in [0.5, 0.6) is 0 Å². The molecule has 11 heteroatoms. The van der Waals surface area contributed by atoms with E-state index in [-0.39, 0.29) is 29.0 Å². The molecule has 0 aliphatic carbocycles. The summed E-state index contributed by atoms with van der Waals surface area (Å²) in [6.07, 6.45) is 5.27. The fraction of sp³-hybridized carbons (Fsp3) is 0.467. The van der Waals surface area contributed by atoms with Gasteiger partial charge in [-0.25, -0.2) is 4.39 Å². The van der Waals surface area contributed by atoms with Gasteiger partial charge in [0.05, 0.1) is 23.2 Å². The Balaban J connectivity index is 1.54. The smallest absolute Gasteiger partial charge is 0.270 e. The summed E-state index contributed by atoms with van der Waals surface area (Å²) in [5.74, 6) is 0.244. The Kier molecular flexibility index (Phi) is 9.12. The molecule has 2 aromatic rings. The molecule has 5 rings (SSSR count). The molecule has 0 saturated carbocycles. The zero-order valence-electron chi connectivity index (χ0n) is 23.4. The average Bonchev–Trinajstić information content (AvgIpc) is 3.58. The SMILES string of the molecule is CCCCn1c(N2CCN(c3ccccc3F)CC2)c(/C=C2/SC(=S)N(CC3CCCO3)C2=O)c(C)c(C#N)c1=O. The minimum atomic E-state index is -0.326. The van der Waals surface area contributed by atoms with E-state index in [2.05, 4.69) is 17.9 Å². The number of hydrogen-bond acceptors (Lipinski definition) is 8. The third-order valence-corrected chi connectivity index (χ3v) is 9.29. The number of thiocarbonyl (C=S) groups is 1. The Morgan fingerprint density at radius 3 is 2.59 bits per heavy atom. The molecule has 3 fully saturated rings. The van der Waals surface area contributed by atoms with Gasteiger partial charge in [-0.2, -0.15) is 5.26 Å². The third kappa shape index (κ3) is 5.92. The second-order valence-electron chi connectivity index (χ2n) is 10.5. The van der Waals surface area contributed by atoms with Crippen LogP contribution in [0.15, 0.2) is 34.0 Å². The maximum Gasteiger partial charge on any atom is 0.270 e. The number of rotatable bonds is 8. The number of halogens is 1. The first-order valence-electron chi connectivity index (χ1n) is 14.1. The van der Waals surface area contributed by atoms with Crippen molar-refractivity contribution in [2.45, 2.75) is 52.2 Å². The number of para-hydroxylation sites is 1. The van der Waals surface area contributed by atoms with Crippen LogP contribution in [0.25, 0.3) is 6.08 Å². The molecule has 41 heavy (non-hydrogen) atoms. The molecule has 0 N–H and O–H groups in total. The van der Waals surface area contributed by atoms with Crippen LogP contribution in [0.4, 0.5) is 15.9 Å². The lowest BCUT2D eigenvalue weighted by atomic mass is 10.0. The van der Waals surface area contributed by atoms with Crippen LogP contribution in [0.2, 0.25) is 0 Å². The first kappa shape index (κ1) is 29.3. The van der Waals surface area contributed by atoms with Crippen LogP contribution in [0, 0.1) is 24.1 Å². The molecule has 0 radical (unpaired) electrons. The number of benzene rings is 1. The van der Waals surface area contributed by atoms with Crippen molar-refractivity contribution >= 4 is 51.8 Å². The van der Waals surface area contributed by atoms with E-state index in [0.717, 1.165) is 25.7 Å². The summed E-state index contributed by atoms with van der Waals surface area (Å²) < 4.78 is 22.4. The molecule has 1 aromatic heterocycles. The first-order valence-corrected chi connectivity index (χ1v) is 15.3. The number of piperazine rings is 1. The summed E-state index contributed by atoms with van der Waals surface area (Å²) in [4.78, 5) is 33.3. The standard InChI is InChI=1S/C30H34FN5O3S2/c1-3-4-11-35-27(34-14-12-33(13-15-34)25-10-6-5-9-24(25)31)22(20(2)23(18-32)28(35)37)17-26-29(38)36(30(40)41-26)19-21-8-7-16-39-21/h5-6,9-10,17,21H,3-4,7-8,11-16,19H2,1-2H3/b26-17+. The van der Waals surface area contributed by atoms with Crippen molar-refractivity contribution < 1.29 is 13.9 Å². The highest BCUT2D eigenvalue weighted by molar-refractivity contribution is 8.26. The predicted molar refractivity (Wildman–Crippen MR) is 165 cm³/mol. The largest absolute Gasteiger partial charge is 0.376 e. The van der Waals surface area contributed by atoms with E-state index in [1.807, 2.05) is 11.0 Å². The molecule has 1 amide bonds. The maximum absolute atomic E-state index is 14.5. The van der Waals surface area contributed by atoms with E-state index in [9.17, 15) is 19.2 Å². The van der Waals surface area contributed by atoms with E-state index in [1.54, 1.807) is 34.6 Å². The lowest BCUT2D eigenvalue weighted by molar-refractivity contribution is -0.123. The number of ether oxygens (including phenoxy) is 1. The number of carbonyl (C=O) groups excluding carboxylic acids is 1. The van der Waals surface area contributed by atoms with Gasteiger partial charge in [-0.15, -0.1) is 0 Å². The molecular formula is C30H34FN5O3S2. The van der Waals surface area contributed by atoms with E-state index >= 15 is 0 Å². The van der Waals surface area contributed by atoms with Gasteiger partial charge < -0.3 is 14.5 Å². The van der Waals surface area contributed by atoms with E-state index in [0.29, 0.717) is 77.7 Å². The highest BCUT2D eigenvalue weighted by Gasteiger charge is 2.36. The second kappa shape index (κ2) is 12.8. The number of unbranched alkanes of at least 4 members (excludes halogenated alkanes) is 1. The summed E-state index contributed by atoms with van der Waals surface area (Å²) in [5, 5.41) is 9.96. The Morgan fingerprint density at radius 2 is 1.93 bits per heavy atom. The summed E-state index contributed by atoms with van der Waals surface area (Å²) >= 11 is 6.82. The van der Waals surface area contributed by atoms with Crippen LogP contribution < -0.4 is 15.4 Å². The number of thioether (sulfide) groups is 1. The summed E-state index contributed by atoms with van der Waals surface area (Å²) in [6.45, 7) is 7.60. The van der Waals surface area contributed by atoms with Crippen molar-refractivity contribution in [1.82, 2.24) is 9.47 Å². The van der Waals surface area contributed by atoms with Crippen LogP contribution >= 0.6 is 24.0 Å².